The molecule has 0 saturated carbocycles. The minimum absolute atomic E-state index is 0. The van der Waals surface area contributed by atoms with Gasteiger partial charge in [-0.3, -0.25) is 4.79 Å². The zero-order chi connectivity index (χ0) is 6.69. The van der Waals surface area contributed by atoms with Crippen LogP contribution in [0, 0.1) is 0 Å². The summed E-state index contributed by atoms with van der Waals surface area (Å²) in [4.78, 5) is 16.4. The molecule has 0 aliphatic carbocycles. The van der Waals surface area contributed by atoms with Crippen LogP contribution in [0.3, 0.4) is 0 Å². The van der Waals surface area contributed by atoms with Crippen LogP contribution in [0.5, 0.6) is 0 Å². The zero-order valence-corrected chi connectivity index (χ0v) is 5.89. The fraction of sp³-hybridized carbons (Fsp3) is 0.200. The molecule has 0 saturated heterocycles. The van der Waals surface area contributed by atoms with E-state index >= 15 is 0 Å². The van der Waals surface area contributed by atoms with Gasteiger partial charge in [0.15, 0.2) is 0 Å². The van der Waals surface area contributed by atoms with Gasteiger partial charge in [0.2, 0.25) is 0 Å². The maximum absolute atomic E-state index is 10.4. The van der Waals surface area contributed by atoms with E-state index in [0.717, 1.165) is 0 Å². The Morgan fingerprint density at radius 2 is 2.40 bits per heavy atom. The normalized spacial score (nSPS) is 8.50. The van der Waals surface area contributed by atoms with Crippen molar-refractivity contribution in [1.29, 1.82) is 0 Å². The van der Waals surface area contributed by atoms with Crippen LogP contribution < -0.4 is 5.56 Å². The van der Waals surface area contributed by atoms with E-state index in [1.54, 1.807) is 0 Å². The lowest BCUT2D eigenvalue weighted by Gasteiger charge is -1.89. The molecule has 0 spiro atoms. The van der Waals surface area contributed by atoms with Gasteiger partial charge < -0.3 is 10.1 Å². The minimum Gasteiger partial charge on any atom is -0.388 e. The van der Waals surface area contributed by atoms with Gasteiger partial charge in [-0.15, -0.1) is 12.4 Å². The van der Waals surface area contributed by atoms with Crippen molar-refractivity contribution in [3.63, 3.8) is 0 Å². The molecular weight excluding hydrogens is 156 g/mol. The third kappa shape index (κ3) is 2.16. The third-order valence-electron chi connectivity index (χ3n) is 0.874. The van der Waals surface area contributed by atoms with Gasteiger partial charge >= 0.3 is 0 Å². The van der Waals surface area contributed by atoms with Gasteiger partial charge in [0.25, 0.3) is 5.56 Å². The van der Waals surface area contributed by atoms with Crippen LogP contribution in [0.2, 0.25) is 0 Å². The van der Waals surface area contributed by atoms with E-state index in [4.69, 9.17) is 5.11 Å². The topological polar surface area (TPSA) is 66.0 Å². The van der Waals surface area contributed by atoms with Gasteiger partial charge in [0, 0.05) is 12.3 Å². The van der Waals surface area contributed by atoms with Gasteiger partial charge in [0.1, 0.15) is 12.4 Å². The maximum atomic E-state index is 10.4. The standard InChI is InChI=1S/C5H6N2O2.ClH/c8-3-4-6-2-1-5(9)7-4;/h1-2,8H,3H2,(H,6,7,9);1H. The van der Waals surface area contributed by atoms with Crippen molar-refractivity contribution < 1.29 is 5.11 Å². The summed E-state index contributed by atoms with van der Waals surface area (Å²) in [6.07, 6.45) is 1.35. The fourth-order valence-corrected chi connectivity index (χ4v) is 0.491. The Labute approximate surface area is 63.3 Å². The lowest BCUT2D eigenvalue weighted by atomic mass is 10.6. The molecule has 0 unspecified atom stereocenters. The Morgan fingerprint density at radius 3 is 2.80 bits per heavy atom. The molecule has 1 aromatic rings. The van der Waals surface area contributed by atoms with Gasteiger partial charge in [0.05, 0.1) is 0 Å². The van der Waals surface area contributed by atoms with Crippen LogP contribution in [-0.4, -0.2) is 15.1 Å². The summed E-state index contributed by atoms with van der Waals surface area (Å²) in [5.74, 6) is 0.294. The highest BCUT2D eigenvalue weighted by Gasteiger charge is 1.87. The Kier molecular flexibility index (Phi) is 3.68. The average molecular weight is 163 g/mol. The second kappa shape index (κ2) is 4.03. The van der Waals surface area contributed by atoms with E-state index in [1.165, 1.54) is 12.3 Å². The quantitative estimate of drug-likeness (QED) is 0.595. The molecular formula is C5H7ClN2O2. The number of aliphatic hydroxyl groups excluding tert-OH is 1. The molecule has 0 amide bonds. The van der Waals surface area contributed by atoms with E-state index in [0.29, 0.717) is 5.82 Å². The number of aromatic nitrogens is 2. The monoisotopic (exact) mass is 162 g/mol. The van der Waals surface area contributed by atoms with Gasteiger partial charge in [-0.2, -0.15) is 0 Å². The van der Waals surface area contributed by atoms with Crippen LogP contribution in [0.25, 0.3) is 0 Å². The highest BCUT2D eigenvalue weighted by Crippen LogP contribution is 1.78. The molecule has 0 atom stereocenters. The first-order valence-corrected chi connectivity index (χ1v) is 2.48. The van der Waals surface area contributed by atoms with Crippen LogP contribution in [0.15, 0.2) is 17.1 Å². The number of rotatable bonds is 1. The van der Waals surface area contributed by atoms with E-state index in [2.05, 4.69) is 9.97 Å². The van der Waals surface area contributed by atoms with Crippen molar-refractivity contribution in [2.75, 3.05) is 0 Å². The largest absolute Gasteiger partial charge is 0.388 e. The van der Waals surface area contributed by atoms with Crippen LogP contribution in [0.1, 0.15) is 5.82 Å². The summed E-state index contributed by atoms with van der Waals surface area (Å²) in [5.41, 5.74) is -0.242. The molecule has 0 aromatic carbocycles. The van der Waals surface area contributed by atoms with Gasteiger partial charge in [-0.05, 0) is 0 Å². The highest BCUT2D eigenvalue weighted by atomic mass is 35.5. The summed E-state index contributed by atoms with van der Waals surface area (Å²) in [6.45, 7) is -0.226. The Bertz CT molecular complexity index is 247. The zero-order valence-electron chi connectivity index (χ0n) is 5.07. The second-order valence-electron chi connectivity index (χ2n) is 1.54. The first-order valence-electron chi connectivity index (χ1n) is 2.48. The first kappa shape index (κ1) is 9.13. The number of H-pyrrole nitrogens is 1. The molecule has 10 heavy (non-hydrogen) atoms. The van der Waals surface area contributed by atoms with E-state index < -0.39 is 0 Å². The summed E-state index contributed by atoms with van der Waals surface area (Å²) < 4.78 is 0. The molecule has 0 aliphatic rings. The lowest BCUT2D eigenvalue weighted by molar-refractivity contribution is 0.271. The van der Waals surface area contributed by atoms with Crippen LogP contribution in [-0.2, 0) is 6.61 Å². The number of hydrogen-bond acceptors (Lipinski definition) is 3. The maximum Gasteiger partial charge on any atom is 0.250 e. The Morgan fingerprint density at radius 1 is 1.70 bits per heavy atom. The molecule has 2 N–H and O–H groups in total. The van der Waals surface area contributed by atoms with Crippen molar-refractivity contribution in [3.05, 3.63) is 28.4 Å². The third-order valence-corrected chi connectivity index (χ3v) is 0.874. The number of nitrogens with one attached hydrogen (secondary N) is 1. The van der Waals surface area contributed by atoms with E-state index in [1.807, 2.05) is 0 Å². The SMILES string of the molecule is Cl.O=c1ccnc(CO)[nH]1. The predicted molar refractivity (Wildman–Crippen MR) is 38.0 cm³/mol. The Balaban J connectivity index is 0.000000810. The summed E-state index contributed by atoms with van der Waals surface area (Å²) in [5, 5.41) is 8.43. The van der Waals surface area contributed by atoms with Crippen molar-refractivity contribution in [2.45, 2.75) is 6.61 Å². The van der Waals surface area contributed by atoms with Crippen molar-refractivity contribution in [3.8, 4) is 0 Å². The first-order chi connectivity index (χ1) is 4.33. The molecule has 5 heteroatoms. The fourth-order valence-electron chi connectivity index (χ4n) is 0.491. The number of nitrogens with zero attached hydrogens (tertiary/aromatic N) is 1. The smallest absolute Gasteiger partial charge is 0.250 e. The molecule has 0 aliphatic heterocycles. The molecule has 0 bridgehead atoms. The molecule has 0 radical (unpaired) electrons. The molecule has 1 heterocycles. The molecule has 1 aromatic heterocycles. The number of aliphatic hydroxyl groups is 1. The van der Waals surface area contributed by atoms with Gasteiger partial charge in [-0.25, -0.2) is 4.98 Å². The molecule has 56 valence electrons. The molecule has 1 rings (SSSR count). The second-order valence-corrected chi connectivity index (χ2v) is 1.54. The van der Waals surface area contributed by atoms with Crippen molar-refractivity contribution in [1.82, 2.24) is 9.97 Å². The highest BCUT2D eigenvalue weighted by molar-refractivity contribution is 5.85. The minimum atomic E-state index is -0.242. The number of aromatic amines is 1. The van der Waals surface area contributed by atoms with Crippen LogP contribution >= 0.6 is 12.4 Å². The predicted octanol–water partition coefficient (Wildman–Crippen LogP) is -0.316. The van der Waals surface area contributed by atoms with E-state index in [-0.39, 0.29) is 24.6 Å². The summed E-state index contributed by atoms with van der Waals surface area (Å²) in [6, 6.07) is 1.29. The van der Waals surface area contributed by atoms with E-state index in [9.17, 15) is 4.79 Å². The number of halogens is 1. The van der Waals surface area contributed by atoms with Crippen molar-refractivity contribution in [2.24, 2.45) is 0 Å². The van der Waals surface area contributed by atoms with Gasteiger partial charge in [-0.1, -0.05) is 0 Å². The Hall–Kier alpha value is -0.870. The number of hydrogen-bond donors (Lipinski definition) is 2. The summed E-state index contributed by atoms with van der Waals surface area (Å²) >= 11 is 0. The van der Waals surface area contributed by atoms with Crippen molar-refractivity contribution >= 4 is 12.4 Å². The molecule has 4 nitrogen and oxygen atoms in total. The van der Waals surface area contributed by atoms with Crippen LogP contribution in [0.4, 0.5) is 0 Å². The summed E-state index contributed by atoms with van der Waals surface area (Å²) in [7, 11) is 0. The lowest BCUT2D eigenvalue weighted by Crippen LogP contribution is -2.08. The average Bonchev–Trinajstić information content (AvgIpc) is 1.88. The molecule has 0 fully saturated rings.